The third kappa shape index (κ3) is 4.44. The van der Waals surface area contributed by atoms with Crippen molar-refractivity contribution in [3.05, 3.63) is 29.8 Å². The van der Waals surface area contributed by atoms with Crippen molar-refractivity contribution >= 4 is 5.91 Å². The van der Waals surface area contributed by atoms with Gasteiger partial charge in [-0.25, -0.2) is 0 Å². The van der Waals surface area contributed by atoms with Crippen LogP contribution in [0.25, 0.3) is 0 Å². The number of ether oxygens (including phenoxy) is 2. The van der Waals surface area contributed by atoms with Crippen LogP contribution in [0, 0.1) is 0 Å². The molecule has 0 aliphatic carbocycles. The average molecular weight is 277 g/mol. The van der Waals surface area contributed by atoms with Crippen LogP contribution in [0.5, 0.6) is 5.75 Å². The number of nitrogens with two attached hydrogens (primary N) is 1. The molecule has 2 N–H and O–H groups in total. The zero-order chi connectivity index (χ0) is 14.7. The Balaban J connectivity index is 2.93. The molecule has 0 fully saturated rings. The average Bonchev–Trinajstić information content (AvgIpc) is 2.26. The third-order valence-corrected chi connectivity index (χ3v) is 2.66. The van der Waals surface area contributed by atoms with Gasteiger partial charge in [0.2, 0.25) is 5.91 Å². The van der Waals surface area contributed by atoms with Crippen molar-refractivity contribution in [3.63, 3.8) is 0 Å². The lowest BCUT2D eigenvalue weighted by atomic mass is 9.92. The zero-order valence-corrected chi connectivity index (χ0v) is 10.5. The van der Waals surface area contributed by atoms with E-state index in [1.807, 2.05) is 0 Å². The lowest BCUT2D eigenvalue weighted by Crippen LogP contribution is -2.31. The van der Waals surface area contributed by atoms with Crippen molar-refractivity contribution in [3.8, 4) is 5.75 Å². The minimum absolute atomic E-state index is 0.0804. The molecule has 0 aliphatic heterocycles. The smallest absolute Gasteiger partial charge is 0.406 e. The lowest BCUT2D eigenvalue weighted by molar-refractivity contribution is -0.274. The van der Waals surface area contributed by atoms with E-state index in [4.69, 9.17) is 10.5 Å². The molecular formula is C12H14F3NO3. The minimum Gasteiger partial charge on any atom is -0.406 e. The predicted molar refractivity (Wildman–Crippen MR) is 61.3 cm³/mol. The number of carbonyl (C=O) groups excluding carboxylic acids is 1. The standard InChI is InChI=1S/C12H14F3NO3/c1-11(18-2,7-10(16)17)8-3-5-9(6-4-8)19-12(13,14)15/h3-6H,7H2,1-2H3,(H2,16,17). The highest BCUT2D eigenvalue weighted by Crippen LogP contribution is 2.30. The molecule has 0 radical (unpaired) electrons. The first-order valence-electron chi connectivity index (χ1n) is 5.36. The molecule has 1 aromatic rings. The van der Waals surface area contributed by atoms with E-state index in [-0.39, 0.29) is 12.2 Å². The maximum atomic E-state index is 12.0. The number of halogens is 3. The van der Waals surface area contributed by atoms with Gasteiger partial charge < -0.3 is 15.2 Å². The molecule has 7 heteroatoms. The Bertz CT molecular complexity index is 445. The van der Waals surface area contributed by atoms with Gasteiger partial charge in [-0.1, -0.05) is 12.1 Å². The van der Waals surface area contributed by atoms with Crippen molar-refractivity contribution in [2.75, 3.05) is 7.11 Å². The predicted octanol–water partition coefficient (Wildman–Crippen LogP) is 2.32. The van der Waals surface area contributed by atoms with Crippen LogP contribution in [0.1, 0.15) is 18.9 Å². The third-order valence-electron chi connectivity index (χ3n) is 2.66. The highest BCUT2D eigenvalue weighted by molar-refractivity contribution is 5.75. The van der Waals surface area contributed by atoms with Crippen LogP contribution in [-0.2, 0) is 15.1 Å². The first-order valence-corrected chi connectivity index (χ1v) is 5.36. The fraction of sp³-hybridized carbons (Fsp3) is 0.417. The first-order chi connectivity index (χ1) is 8.66. The highest BCUT2D eigenvalue weighted by Gasteiger charge is 2.32. The Kier molecular flexibility index (Phi) is 4.41. The molecule has 0 heterocycles. The van der Waals surface area contributed by atoms with Gasteiger partial charge in [0.25, 0.3) is 0 Å². The van der Waals surface area contributed by atoms with Crippen molar-refractivity contribution in [1.82, 2.24) is 0 Å². The molecule has 1 atom stereocenters. The van der Waals surface area contributed by atoms with E-state index in [1.54, 1.807) is 6.92 Å². The van der Waals surface area contributed by atoms with Crippen molar-refractivity contribution in [1.29, 1.82) is 0 Å². The van der Waals surface area contributed by atoms with Crippen molar-refractivity contribution in [2.45, 2.75) is 25.3 Å². The fourth-order valence-electron chi connectivity index (χ4n) is 1.63. The Morgan fingerprint density at radius 1 is 1.26 bits per heavy atom. The number of methoxy groups -OCH3 is 1. The molecule has 1 aromatic carbocycles. The van der Waals surface area contributed by atoms with Crippen LogP contribution in [0.3, 0.4) is 0 Å². The Morgan fingerprint density at radius 2 is 1.79 bits per heavy atom. The highest BCUT2D eigenvalue weighted by atomic mass is 19.4. The summed E-state index contributed by atoms with van der Waals surface area (Å²) in [6.45, 7) is 1.62. The van der Waals surface area contributed by atoms with Crippen molar-refractivity contribution < 1.29 is 27.4 Å². The largest absolute Gasteiger partial charge is 0.573 e. The molecule has 0 bridgehead atoms. The van der Waals surface area contributed by atoms with Gasteiger partial charge in [0, 0.05) is 7.11 Å². The van der Waals surface area contributed by atoms with E-state index in [1.165, 1.54) is 19.2 Å². The summed E-state index contributed by atoms with van der Waals surface area (Å²) in [7, 11) is 1.39. The van der Waals surface area contributed by atoms with Crippen LogP contribution >= 0.6 is 0 Å². The van der Waals surface area contributed by atoms with Gasteiger partial charge in [0.05, 0.1) is 12.0 Å². The molecule has 0 aliphatic rings. The summed E-state index contributed by atoms with van der Waals surface area (Å²) in [5.41, 5.74) is 4.66. The van der Waals surface area contributed by atoms with Gasteiger partial charge in [0.1, 0.15) is 5.75 Å². The van der Waals surface area contributed by atoms with Crippen LogP contribution in [-0.4, -0.2) is 19.4 Å². The first kappa shape index (κ1) is 15.3. The van der Waals surface area contributed by atoms with Gasteiger partial charge in [-0.3, -0.25) is 4.79 Å². The summed E-state index contributed by atoms with van der Waals surface area (Å²) in [4.78, 5) is 11.0. The van der Waals surface area contributed by atoms with E-state index in [0.717, 1.165) is 12.1 Å². The molecular weight excluding hydrogens is 263 g/mol. The maximum Gasteiger partial charge on any atom is 0.573 e. The summed E-state index contributed by atoms with van der Waals surface area (Å²) in [5.74, 6) is -0.909. The quantitative estimate of drug-likeness (QED) is 0.898. The van der Waals surface area contributed by atoms with E-state index >= 15 is 0 Å². The van der Waals surface area contributed by atoms with Crippen molar-refractivity contribution in [2.24, 2.45) is 5.73 Å². The fourth-order valence-corrected chi connectivity index (χ4v) is 1.63. The number of alkyl halides is 3. The second kappa shape index (κ2) is 5.48. The number of rotatable bonds is 5. The van der Waals surface area contributed by atoms with Gasteiger partial charge in [-0.2, -0.15) is 0 Å². The normalized spacial score (nSPS) is 14.8. The zero-order valence-electron chi connectivity index (χ0n) is 10.5. The second-order valence-corrected chi connectivity index (χ2v) is 4.15. The number of primary amides is 1. The van der Waals surface area contributed by atoms with Gasteiger partial charge in [-0.15, -0.1) is 13.2 Å². The van der Waals surface area contributed by atoms with Gasteiger partial charge >= 0.3 is 6.36 Å². The van der Waals surface area contributed by atoms with E-state index in [2.05, 4.69) is 4.74 Å². The topological polar surface area (TPSA) is 61.5 Å². The molecule has 0 saturated carbocycles. The molecule has 1 rings (SSSR count). The summed E-state index contributed by atoms with van der Waals surface area (Å²) in [6, 6.07) is 5.10. The molecule has 106 valence electrons. The number of hydrogen-bond donors (Lipinski definition) is 1. The van der Waals surface area contributed by atoms with Crippen LogP contribution < -0.4 is 10.5 Å². The maximum absolute atomic E-state index is 12.0. The molecule has 19 heavy (non-hydrogen) atoms. The summed E-state index contributed by atoms with van der Waals surface area (Å²) < 4.78 is 45.0. The number of hydrogen-bond acceptors (Lipinski definition) is 3. The lowest BCUT2D eigenvalue weighted by Gasteiger charge is -2.27. The molecule has 1 unspecified atom stereocenters. The van der Waals surface area contributed by atoms with Crippen LogP contribution in [0.2, 0.25) is 0 Å². The molecule has 1 amide bonds. The number of carbonyl (C=O) groups is 1. The van der Waals surface area contributed by atoms with E-state index < -0.39 is 17.9 Å². The molecule has 0 aromatic heterocycles. The van der Waals surface area contributed by atoms with Gasteiger partial charge in [0.15, 0.2) is 0 Å². The number of benzene rings is 1. The summed E-state index contributed by atoms with van der Waals surface area (Å²) >= 11 is 0. The molecule has 0 spiro atoms. The minimum atomic E-state index is -4.74. The number of amides is 1. The van der Waals surface area contributed by atoms with Gasteiger partial charge in [-0.05, 0) is 24.6 Å². The Morgan fingerprint density at radius 3 is 2.16 bits per heavy atom. The monoisotopic (exact) mass is 277 g/mol. The van der Waals surface area contributed by atoms with Crippen LogP contribution in [0.15, 0.2) is 24.3 Å². The summed E-state index contributed by atoms with van der Waals surface area (Å²) in [5, 5.41) is 0. The van der Waals surface area contributed by atoms with Crippen LogP contribution in [0.4, 0.5) is 13.2 Å². The second-order valence-electron chi connectivity index (χ2n) is 4.15. The molecule has 4 nitrogen and oxygen atoms in total. The van der Waals surface area contributed by atoms with E-state index in [0.29, 0.717) is 5.56 Å². The van der Waals surface area contributed by atoms with E-state index in [9.17, 15) is 18.0 Å². The Labute approximate surface area is 108 Å². The summed E-state index contributed by atoms with van der Waals surface area (Å²) in [6.07, 6.45) is -4.82. The Hall–Kier alpha value is -1.76. The molecule has 0 saturated heterocycles. The SMILES string of the molecule is COC(C)(CC(N)=O)c1ccc(OC(F)(F)F)cc1.